The fourth-order valence-corrected chi connectivity index (χ4v) is 2.76. The molecule has 0 atom stereocenters. The SMILES string of the molecule is CCc1ccc(-c2noc(-c3c(O)c4ccccc4[nH]c3=O)n2)cc1. The van der Waals surface area contributed by atoms with E-state index in [0.717, 1.165) is 12.0 Å². The van der Waals surface area contributed by atoms with Crippen molar-refractivity contribution in [2.75, 3.05) is 0 Å². The van der Waals surface area contributed by atoms with Gasteiger partial charge in [-0.2, -0.15) is 4.98 Å². The summed E-state index contributed by atoms with van der Waals surface area (Å²) >= 11 is 0. The number of nitrogens with one attached hydrogen (secondary N) is 1. The normalized spacial score (nSPS) is 11.1. The molecule has 0 bridgehead atoms. The lowest BCUT2D eigenvalue weighted by Crippen LogP contribution is -2.09. The third kappa shape index (κ3) is 2.57. The maximum atomic E-state index is 12.3. The van der Waals surface area contributed by atoms with E-state index in [9.17, 15) is 9.90 Å². The van der Waals surface area contributed by atoms with Crippen LogP contribution in [0, 0.1) is 0 Å². The third-order valence-corrected chi connectivity index (χ3v) is 4.15. The maximum absolute atomic E-state index is 12.3. The monoisotopic (exact) mass is 333 g/mol. The molecule has 0 saturated heterocycles. The lowest BCUT2D eigenvalue weighted by Gasteiger charge is -2.03. The molecule has 0 aliphatic rings. The zero-order chi connectivity index (χ0) is 17.4. The van der Waals surface area contributed by atoms with Crippen LogP contribution >= 0.6 is 0 Å². The minimum Gasteiger partial charge on any atom is -0.506 e. The second-order valence-corrected chi connectivity index (χ2v) is 5.70. The number of nitrogens with zero attached hydrogens (tertiary/aromatic N) is 2. The summed E-state index contributed by atoms with van der Waals surface area (Å²) in [5.74, 6) is 0.180. The smallest absolute Gasteiger partial charge is 0.267 e. The Balaban J connectivity index is 1.82. The first-order valence-electron chi connectivity index (χ1n) is 7.94. The van der Waals surface area contributed by atoms with Crippen molar-refractivity contribution in [1.29, 1.82) is 0 Å². The summed E-state index contributed by atoms with van der Waals surface area (Å²) in [6.07, 6.45) is 0.943. The molecule has 4 rings (SSSR count). The molecule has 0 amide bonds. The number of aromatic nitrogens is 3. The van der Waals surface area contributed by atoms with Crippen molar-refractivity contribution >= 4 is 10.9 Å². The number of rotatable bonds is 3. The van der Waals surface area contributed by atoms with E-state index in [4.69, 9.17) is 4.52 Å². The quantitative estimate of drug-likeness (QED) is 0.598. The number of aromatic hydroxyl groups is 1. The largest absolute Gasteiger partial charge is 0.506 e. The van der Waals surface area contributed by atoms with Crippen LogP contribution in [0.1, 0.15) is 12.5 Å². The summed E-state index contributed by atoms with van der Waals surface area (Å²) in [5.41, 5.74) is 2.03. The molecule has 6 nitrogen and oxygen atoms in total. The van der Waals surface area contributed by atoms with Crippen LogP contribution in [0.3, 0.4) is 0 Å². The summed E-state index contributed by atoms with van der Waals surface area (Å²) < 4.78 is 5.23. The Labute approximate surface area is 142 Å². The number of pyridine rings is 1. The van der Waals surface area contributed by atoms with E-state index >= 15 is 0 Å². The zero-order valence-corrected chi connectivity index (χ0v) is 13.5. The molecule has 124 valence electrons. The molecule has 0 spiro atoms. The van der Waals surface area contributed by atoms with Gasteiger partial charge in [-0.15, -0.1) is 0 Å². The number of para-hydroxylation sites is 1. The fraction of sp³-hybridized carbons (Fsp3) is 0.105. The Kier molecular flexibility index (Phi) is 3.57. The van der Waals surface area contributed by atoms with Crippen molar-refractivity contribution in [3.8, 4) is 28.6 Å². The first kappa shape index (κ1) is 15.1. The summed E-state index contributed by atoms with van der Waals surface area (Å²) in [4.78, 5) is 19.3. The molecule has 2 aromatic carbocycles. The highest BCUT2D eigenvalue weighted by Gasteiger charge is 2.20. The minimum absolute atomic E-state index is 0.0147. The van der Waals surface area contributed by atoms with Crippen LogP contribution in [0.25, 0.3) is 33.7 Å². The predicted molar refractivity (Wildman–Crippen MR) is 94.3 cm³/mol. The number of H-pyrrole nitrogens is 1. The number of aryl methyl sites for hydroxylation is 1. The first-order valence-corrected chi connectivity index (χ1v) is 7.94. The average Bonchev–Trinajstić information content (AvgIpc) is 3.11. The van der Waals surface area contributed by atoms with Crippen molar-refractivity contribution in [1.82, 2.24) is 15.1 Å². The van der Waals surface area contributed by atoms with Crippen molar-refractivity contribution in [2.45, 2.75) is 13.3 Å². The van der Waals surface area contributed by atoms with Crippen LogP contribution < -0.4 is 5.56 Å². The number of aromatic amines is 1. The predicted octanol–water partition coefficient (Wildman–Crippen LogP) is 3.51. The second-order valence-electron chi connectivity index (χ2n) is 5.70. The van der Waals surface area contributed by atoms with Crippen LogP contribution in [0.2, 0.25) is 0 Å². The standard InChI is InChI=1S/C19H15N3O3/c1-2-11-7-9-12(10-8-11)17-21-19(25-22-17)15-16(23)13-5-3-4-6-14(13)20-18(15)24/h3-10H,2H2,1H3,(H2,20,23,24). The second kappa shape index (κ2) is 5.90. The summed E-state index contributed by atoms with van der Waals surface area (Å²) in [6.45, 7) is 2.08. The van der Waals surface area contributed by atoms with E-state index in [0.29, 0.717) is 16.7 Å². The molecule has 4 aromatic rings. The third-order valence-electron chi connectivity index (χ3n) is 4.15. The van der Waals surface area contributed by atoms with Crippen LogP contribution in [-0.2, 0) is 6.42 Å². The van der Waals surface area contributed by atoms with Gasteiger partial charge in [0, 0.05) is 10.9 Å². The fourth-order valence-electron chi connectivity index (χ4n) is 2.76. The van der Waals surface area contributed by atoms with Gasteiger partial charge in [0.1, 0.15) is 11.3 Å². The van der Waals surface area contributed by atoms with Gasteiger partial charge in [-0.25, -0.2) is 0 Å². The highest BCUT2D eigenvalue weighted by atomic mass is 16.5. The van der Waals surface area contributed by atoms with Crippen molar-refractivity contribution in [3.63, 3.8) is 0 Å². The van der Waals surface area contributed by atoms with E-state index in [2.05, 4.69) is 22.0 Å². The van der Waals surface area contributed by atoms with Gasteiger partial charge < -0.3 is 14.6 Å². The van der Waals surface area contributed by atoms with E-state index in [-0.39, 0.29) is 17.2 Å². The van der Waals surface area contributed by atoms with Gasteiger partial charge in [-0.3, -0.25) is 4.79 Å². The van der Waals surface area contributed by atoms with Crippen molar-refractivity contribution in [3.05, 3.63) is 64.4 Å². The molecule has 6 heteroatoms. The number of hydrogen-bond acceptors (Lipinski definition) is 5. The minimum atomic E-state index is -0.479. The molecular weight excluding hydrogens is 318 g/mol. The lowest BCUT2D eigenvalue weighted by molar-refractivity contribution is 0.426. The number of benzene rings is 2. The molecular formula is C19H15N3O3. The summed E-state index contributed by atoms with van der Waals surface area (Å²) in [7, 11) is 0. The lowest BCUT2D eigenvalue weighted by atomic mass is 10.1. The average molecular weight is 333 g/mol. The molecule has 0 saturated carbocycles. The number of hydrogen-bond donors (Lipinski definition) is 2. The molecule has 2 heterocycles. The Bertz CT molecular complexity index is 1110. The van der Waals surface area contributed by atoms with Gasteiger partial charge in [-0.05, 0) is 24.1 Å². The topological polar surface area (TPSA) is 92.0 Å². The Hall–Kier alpha value is -3.41. The van der Waals surface area contributed by atoms with E-state index < -0.39 is 5.56 Å². The van der Waals surface area contributed by atoms with Crippen molar-refractivity contribution in [2.24, 2.45) is 0 Å². The van der Waals surface area contributed by atoms with E-state index in [1.165, 1.54) is 5.56 Å². The van der Waals surface area contributed by atoms with Crippen LogP contribution in [0.15, 0.2) is 57.8 Å². The highest BCUT2D eigenvalue weighted by Crippen LogP contribution is 2.31. The highest BCUT2D eigenvalue weighted by molar-refractivity contribution is 5.90. The molecule has 0 unspecified atom stereocenters. The molecule has 0 radical (unpaired) electrons. The van der Waals surface area contributed by atoms with Gasteiger partial charge in [0.05, 0.1) is 5.52 Å². The van der Waals surface area contributed by atoms with Gasteiger partial charge in [0.25, 0.3) is 11.4 Å². The molecule has 2 N–H and O–H groups in total. The van der Waals surface area contributed by atoms with Crippen molar-refractivity contribution < 1.29 is 9.63 Å². The summed E-state index contributed by atoms with van der Waals surface area (Å²) in [5, 5.41) is 14.9. The van der Waals surface area contributed by atoms with Gasteiger partial charge in [0.15, 0.2) is 0 Å². The molecule has 0 aliphatic carbocycles. The van der Waals surface area contributed by atoms with Gasteiger partial charge in [-0.1, -0.05) is 48.5 Å². The molecule has 25 heavy (non-hydrogen) atoms. The van der Waals surface area contributed by atoms with Gasteiger partial charge >= 0.3 is 0 Å². The van der Waals surface area contributed by atoms with E-state index in [1.54, 1.807) is 24.3 Å². The molecule has 2 aromatic heterocycles. The molecule has 0 fully saturated rings. The molecule has 0 aliphatic heterocycles. The zero-order valence-electron chi connectivity index (χ0n) is 13.5. The Morgan fingerprint density at radius 1 is 1.12 bits per heavy atom. The van der Waals surface area contributed by atoms with Gasteiger partial charge in [0.2, 0.25) is 5.82 Å². The summed E-state index contributed by atoms with van der Waals surface area (Å²) in [6, 6.07) is 14.8. The Morgan fingerprint density at radius 2 is 1.88 bits per heavy atom. The van der Waals surface area contributed by atoms with E-state index in [1.807, 2.05) is 24.3 Å². The maximum Gasteiger partial charge on any atom is 0.267 e. The number of fused-ring (bicyclic) bond motifs is 1. The van der Waals surface area contributed by atoms with Crippen LogP contribution in [0.5, 0.6) is 5.75 Å². The van der Waals surface area contributed by atoms with Crippen LogP contribution in [-0.4, -0.2) is 20.2 Å². The first-order chi connectivity index (χ1) is 12.2. The van der Waals surface area contributed by atoms with Crippen LogP contribution in [0.4, 0.5) is 0 Å². The Morgan fingerprint density at radius 3 is 2.64 bits per heavy atom.